The van der Waals surface area contributed by atoms with Crippen molar-refractivity contribution in [3.8, 4) is 17.0 Å². The van der Waals surface area contributed by atoms with Crippen molar-refractivity contribution in [2.75, 3.05) is 6.61 Å². The predicted molar refractivity (Wildman–Crippen MR) is 77.2 cm³/mol. The zero-order valence-electron chi connectivity index (χ0n) is 11.6. The zero-order valence-corrected chi connectivity index (χ0v) is 11.6. The van der Waals surface area contributed by atoms with Crippen LogP contribution in [-0.2, 0) is 0 Å². The van der Waals surface area contributed by atoms with Gasteiger partial charge in [0.2, 0.25) is 0 Å². The van der Waals surface area contributed by atoms with E-state index in [0.717, 1.165) is 23.4 Å². The van der Waals surface area contributed by atoms with Gasteiger partial charge in [-0.15, -0.1) is 0 Å². The van der Waals surface area contributed by atoms with Gasteiger partial charge in [0.1, 0.15) is 5.75 Å². The van der Waals surface area contributed by atoms with Crippen molar-refractivity contribution in [2.45, 2.75) is 20.3 Å². The number of carboxylic acid groups (broad SMARTS) is 1. The number of aryl methyl sites for hydroxylation is 1. The molecule has 0 aliphatic heterocycles. The average Bonchev–Trinajstić information content (AvgIpc) is 2.45. The van der Waals surface area contributed by atoms with Gasteiger partial charge in [-0.3, -0.25) is 4.98 Å². The van der Waals surface area contributed by atoms with E-state index in [1.807, 2.05) is 24.3 Å². The van der Waals surface area contributed by atoms with E-state index in [1.54, 1.807) is 19.1 Å². The molecular formula is C16H17NO3. The summed E-state index contributed by atoms with van der Waals surface area (Å²) in [6, 6.07) is 10.9. The summed E-state index contributed by atoms with van der Waals surface area (Å²) in [5, 5.41) is 8.99. The molecule has 1 aromatic heterocycles. The molecule has 0 amide bonds. The normalized spacial score (nSPS) is 10.3. The van der Waals surface area contributed by atoms with Crippen LogP contribution in [0, 0.1) is 6.92 Å². The van der Waals surface area contributed by atoms with E-state index in [2.05, 4.69) is 11.9 Å². The molecule has 1 aromatic carbocycles. The Labute approximate surface area is 118 Å². The topological polar surface area (TPSA) is 59.4 Å². The van der Waals surface area contributed by atoms with Gasteiger partial charge in [0.05, 0.1) is 23.6 Å². The summed E-state index contributed by atoms with van der Waals surface area (Å²) in [7, 11) is 0. The van der Waals surface area contributed by atoms with E-state index >= 15 is 0 Å². The highest BCUT2D eigenvalue weighted by atomic mass is 16.5. The third-order valence-electron chi connectivity index (χ3n) is 2.94. The minimum atomic E-state index is -0.954. The van der Waals surface area contributed by atoms with Crippen LogP contribution in [0.4, 0.5) is 0 Å². The molecule has 0 radical (unpaired) electrons. The Balaban J connectivity index is 2.23. The van der Waals surface area contributed by atoms with E-state index in [-0.39, 0.29) is 5.56 Å². The summed E-state index contributed by atoms with van der Waals surface area (Å²) in [6.07, 6.45) is 0.971. The Morgan fingerprint density at radius 2 is 1.90 bits per heavy atom. The molecule has 0 spiro atoms. The average molecular weight is 271 g/mol. The van der Waals surface area contributed by atoms with Crippen molar-refractivity contribution >= 4 is 5.97 Å². The number of carbonyl (C=O) groups is 1. The highest BCUT2D eigenvalue weighted by Crippen LogP contribution is 2.22. The number of aromatic nitrogens is 1. The first-order valence-corrected chi connectivity index (χ1v) is 6.56. The second-order valence-corrected chi connectivity index (χ2v) is 4.51. The number of nitrogens with zero attached hydrogens (tertiary/aromatic N) is 1. The van der Waals surface area contributed by atoms with Crippen LogP contribution in [0.25, 0.3) is 11.3 Å². The van der Waals surface area contributed by atoms with Crippen LogP contribution < -0.4 is 4.74 Å². The van der Waals surface area contributed by atoms with Crippen molar-refractivity contribution in [3.63, 3.8) is 0 Å². The van der Waals surface area contributed by atoms with Crippen LogP contribution in [0.5, 0.6) is 5.75 Å². The summed E-state index contributed by atoms with van der Waals surface area (Å²) in [6.45, 7) is 4.46. The summed E-state index contributed by atoms with van der Waals surface area (Å²) < 4.78 is 5.52. The molecule has 0 atom stereocenters. The molecule has 0 aliphatic rings. The van der Waals surface area contributed by atoms with Gasteiger partial charge in [0, 0.05) is 5.56 Å². The molecule has 4 nitrogen and oxygen atoms in total. The van der Waals surface area contributed by atoms with Crippen LogP contribution in [0.2, 0.25) is 0 Å². The van der Waals surface area contributed by atoms with E-state index < -0.39 is 5.97 Å². The van der Waals surface area contributed by atoms with Crippen LogP contribution in [0.15, 0.2) is 36.4 Å². The monoisotopic (exact) mass is 271 g/mol. The Morgan fingerprint density at radius 1 is 1.20 bits per heavy atom. The summed E-state index contributed by atoms with van der Waals surface area (Å²) in [5.74, 6) is -0.126. The van der Waals surface area contributed by atoms with E-state index in [9.17, 15) is 4.79 Å². The van der Waals surface area contributed by atoms with Crippen molar-refractivity contribution in [3.05, 3.63) is 47.7 Å². The molecule has 2 rings (SSSR count). The number of ether oxygens (including phenoxy) is 1. The van der Waals surface area contributed by atoms with Crippen molar-refractivity contribution in [2.24, 2.45) is 0 Å². The van der Waals surface area contributed by atoms with Crippen LogP contribution >= 0.6 is 0 Å². The second-order valence-electron chi connectivity index (χ2n) is 4.51. The maximum atomic E-state index is 11.0. The molecule has 20 heavy (non-hydrogen) atoms. The molecule has 2 aromatic rings. The van der Waals surface area contributed by atoms with Gasteiger partial charge in [-0.05, 0) is 49.7 Å². The van der Waals surface area contributed by atoms with Crippen LogP contribution in [0.1, 0.15) is 29.4 Å². The van der Waals surface area contributed by atoms with Gasteiger partial charge in [0.15, 0.2) is 0 Å². The molecular weight excluding hydrogens is 254 g/mol. The second kappa shape index (κ2) is 6.19. The summed E-state index contributed by atoms with van der Waals surface area (Å²) >= 11 is 0. The number of hydrogen-bond acceptors (Lipinski definition) is 3. The predicted octanol–water partition coefficient (Wildman–Crippen LogP) is 3.54. The largest absolute Gasteiger partial charge is 0.494 e. The van der Waals surface area contributed by atoms with E-state index in [1.165, 1.54) is 0 Å². The molecule has 0 saturated heterocycles. The van der Waals surface area contributed by atoms with Gasteiger partial charge in [-0.2, -0.15) is 0 Å². The van der Waals surface area contributed by atoms with E-state index in [0.29, 0.717) is 12.3 Å². The first-order valence-electron chi connectivity index (χ1n) is 6.56. The SMILES string of the molecule is CCCOc1ccc(-c2ccc(C(=O)O)c(C)n2)cc1. The van der Waals surface area contributed by atoms with Gasteiger partial charge in [-0.25, -0.2) is 4.79 Å². The lowest BCUT2D eigenvalue weighted by atomic mass is 10.1. The molecule has 1 N–H and O–H groups in total. The summed E-state index contributed by atoms with van der Waals surface area (Å²) in [4.78, 5) is 15.3. The molecule has 0 unspecified atom stereocenters. The fourth-order valence-corrected chi connectivity index (χ4v) is 1.89. The smallest absolute Gasteiger partial charge is 0.337 e. The molecule has 104 valence electrons. The Hall–Kier alpha value is -2.36. The van der Waals surface area contributed by atoms with Gasteiger partial charge in [-0.1, -0.05) is 6.92 Å². The maximum Gasteiger partial charge on any atom is 0.337 e. The van der Waals surface area contributed by atoms with Crippen LogP contribution in [0.3, 0.4) is 0 Å². The first-order chi connectivity index (χ1) is 9.61. The minimum absolute atomic E-state index is 0.233. The summed E-state index contributed by atoms with van der Waals surface area (Å²) in [5.41, 5.74) is 2.45. The first kappa shape index (κ1) is 14.1. The standard InChI is InChI=1S/C16H17NO3/c1-3-10-20-13-6-4-12(5-7-13)15-9-8-14(16(18)19)11(2)17-15/h4-9H,3,10H2,1-2H3,(H,18,19). The number of pyridine rings is 1. The lowest BCUT2D eigenvalue weighted by Gasteiger charge is -2.07. The van der Waals surface area contributed by atoms with Crippen LogP contribution in [-0.4, -0.2) is 22.7 Å². The lowest BCUT2D eigenvalue weighted by Crippen LogP contribution is -2.02. The third-order valence-corrected chi connectivity index (χ3v) is 2.94. The number of carboxylic acids is 1. The molecule has 0 saturated carbocycles. The number of benzene rings is 1. The fraction of sp³-hybridized carbons (Fsp3) is 0.250. The van der Waals surface area contributed by atoms with Gasteiger partial charge in [0.25, 0.3) is 0 Å². The lowest BCUT2D eigenvalue weighted by molar-refractivity contribution is 0.0695. The fourth-order valence-electron chi connectivity index (χ4n) is 1.89. The van der Waals surface area contributed by atoms with Gasteiger partial charge >= 0.3 is 5.97 Å². The molecule has 0 bridgehead atoms. The Morgan fingerprint density at radius 3 is 2.45 bits per heavy atom. The van der Waals surface area contributed by atoms with Crippen molar-refractivity contribution in [1.29, 1.82) is 0 Å². The van der Waals surface area contributed by atoms with Gasteiger partial charge < -0.3 is 9.84 Å². The molecule has 0 fully saturated rings. The molecule has 1 heterocycles. The molecule has 4 heteroatoms. The Bertz CT molecular complexity index is 606. The van der Waals surface area contributed by atoms with E-state index in [4.69, 9.17) is 9.84 Å². The van der Waals surface area contributed by atoms with Crippen molar-refractivity contribution in [1.82, 2.24) is 4.98 Å². The third kappa shape index (κ3) is 3.15. The zero-order chi connectivity index (χ0) is 14.5. The number of aromatic carboxylic acids is 1. The number of hydrogen-bond donors (Lipinski definition) is 1. The van der Waals surface area contributed by atoms with Crippen molar-refractivity contribution < 1.29 is 14.6 Å². The number of rotatable bonds is 5. The Kier molecular flexibility index (Phi) is 4.35. The minimum Gasteiger partial charge on any atom is -0.494 e. The molecule has 0 aliphatic carbocycles. The maximum absolute atomic E-state index is 11.0. The highest BCUT2D eigenvalue weighted by Gasteiger charge is 2.09. The quantitative estimate of drug-likeness (QED) is 0.903. The highest BCUT2D eigenvalue weighted by molar-refractivity contribution is 5.89.